The predicted molar refractivity (Wildman–Crippen MR) is 135 cm³/mol. The van der Waals surface area contributed by atoms with Crippen LogP contribution in [-0.4, -0.2) is 51.3 Å². The van der Waals surface area contributed by atoms with Crippen LogP contribution < -0.4 is 10.6 Å². The maximum Gasteiger partial charge on any atom is 0.220 e. The number of ether oxygens (including phenoxy) is 2. The Morgan fingerprint density at radius 1 is 0.906 bits per heavy atom. The standard InChI is InChI=1S/C22H42N2O4.2C2H6/c1-20(2,11-14-25)18-21(3,4)17-19(26)24-13-16-28-22(27-15-12-23-5)9-7-6-8-10-22;2*1-2/h14,23H,6-13,15-18H2,1-5H3,(H,24,26);2*1-2H3. The fraction of sp³-hybridized carbons (Fsp3) is 0.923. The summed E-state index contributed by atoms with van der Waals surface area (Å²) in [5.41, 5.74) is -0.245. The van der Waals surface area contributed by atoms with Gasteiger partial charge in [0.25, 0.3) is 0 Å². The average Bonchev–Trinajstić information content (AvgIpc) is 2.74. The molecule has 0 bridgehead atoms. The van der Waals surface area contributed by atoms with E-state index in [-0.39, 0.29) is 16.7 Å². The summed E-state index contributed by atoms with van der Waals surface area (Å²) in [7, 11) is 1.91. The highest BCUT2D eigenvalue weighted by Gasteiger charge is 2.34. The normalized spacial score (nSPS) is 15.5. The fourth-order valence-corrected chi connectivity index (χ4v) is 4.34. The Morgan fingerprint density at radius 3 is 1.94 bits per heavy atom. The smallest absolute Gasteiger partial charge is 0.220 e. The molecular formula is C26H54N2O4. The molecule has 2 N–H and O–H groups in total. The highest BCUT2D eigenvalue weighted by atomic mass is 16.7. The number of hydrogen-bond acceptors (Lipinski definition) is 5. The van der Waals surface area contributed by atoms with Crippen LogP contribution in [0.3, 0.4) is 0 Å². The topological polar surface area (TPSA) is 76.7 Å². The average molecular weight is 459 g/mol. The third kappa shape index (κ3) is 15.8. The molecule has 6 nitrogen and oxygen atoms in total. The van der Waals surface area contributed by atoms with Crippen molar-refractivity contribution in [3.8, 4) is 0 Å². The molecule has 1 saturated carbocycles. The number of aldehydes is 1. The number of hydrogen-bond donors (Lipinski definition) is 2. The molecule has 0 unspecified atom stereocenters. The van der Waals surface area contributed by atoms with E-state index in [4.69, 9.17) is 9.47 Å². The number of rotatable bonds is 14. The second-order valence-electron chi connectivity index (χ2n) is 9.67. The number of carbonyl (C=O) groups excluding carboxylic acids is 2. The van der Waals surface area contributed by atoms with Crippen molar-refractivity contribution >= 4 is 12.2 Å². The molecule has 6 heteroatoms. The molecule has 0 radical (unpaired) electrons. The number of likely N-dealkylation sites (N-methyl/N-ethyl adjacent to an activating group) is 1. The van der Waals surface area contributed by atoms with Gasteiger partial charge in [0.05, 0.1) is 13.2 Å². The van der Waals surface area contributed by atoms with E-state index < -0.39 is 5.79 Å². The van der Waals surface area contributed by atoms with Crippen molar-refractivity contribution in [3.63, 3.8) is 0 Å². The van der Waals surface area contributed by atoms with Crippen LogP contribution in [0.4, 0.5) is 0 Å². The maximum absolute atomic E-state index is 12.4. The molecule has 192 valence electrons. The third-order valence-electron chi connectivity index (χ3n) is 5.35. The van der Waals surface area contributed by atoms with Crippen LogP contribution in [0.2, 0.25) is 0 Å². The van der Waals surface area contributed by atoms with Crippen LogP contribution in [0.25, 0.3) is 0 Å². The summed E-state index contributed by atoms with van der Waals surface area (Å²) >= 11 is 0. The van der Waals surface area contributed by atoms with Gasteiger partial charge in [-0.25, -0.2) is 0 Å². The maximum atomic E-state index is 12.4. The molecule has 1 rings (SSSR count). The van der Waals surface area contributed by atoms with Gasteiger partial charge in [-0.05, 0) is 37.1 Å². The van der Waals surface area contributed by atoms with Crippen molar-refractivity contribution in [1.82, 2.24) is 10.6 Å². The highest BCUT2D eigenvalue weighted by Crippen LogP contribution is 2.37. The number of carbonyl (C=O) groups is 2. The van der Waals surface area contributed by atoms with E-state index >= 15 is 0 Å². The molecule has 0 heterocycles. The Balaban J connectivity index is 0. The largest absolute Gasteiger partial charge is 0.354 e. The van der Waals surface area contributed by atoms with Gasteiger partial charge in [0.2, 0.25) is 5.91 Å². The van der Waals surface area contributed by atoms with Crippen LogP contribution in [0.1, 0.15) is 107 Å². The summed E-state index contributed by atoms with van der Waals surface area (Å²) in [6, 6.07) is 0. The lowest BCUT2D eigenvalue weighted by atomic mass is 9.72. The molecular weight excluding hydrogens is 404 g/mol. The predicted octanol–water partition coefficient (Wildman–Crippen LogP) is 5.49. The van der Waals surface area contributed by atoms with Crippen molar-refractivity contribution in [2.75, 3.05) is 33.4 Å². The summed E-state index contributed by atoms with van der Waals surface area (Å²) < 4.78 is 12.2. The minimum Gasteiger partial charge on any atom is -0.354 e. The van der Waals surface area contributed by atoms with Gasteiger partial charge < -0.3 is 24.9 Å². The molecule has 0 saturated heterocycles. The number of nitrogens with one attached hydrogen (secondary N) is 2. The van der Waals surface area contributed by atoms with Crippen molar-refractivity contribution in [3.05, 3.63) is 0 Å². The SMILES string of the molecule is CC.CC.CNCCOC1(OCCNC(=O)CC(C)(C)CC(C)(C)CC=O)CCCCC1. The van der Waals surface area contributed by atoms with E-state index in [0.29, 0.717) is 32.6 Å². The van der Waals surface area contributed by atoms with Gasteiger partial charge in [0, 0.05) is 38.8 Å². The lowest BCUT2D eigenvalue weighted by Crippen LogP contribution is -2.42. The van der Waals surface area contributed by atoms with Crippen LogP contribution in [-0.2, 0) is 19.1 Å². The molecule has 0 spiro atoms. The van der Waals surface area contributed by atoms with Gasteiger partial charge in [-0.1, -0.05) is 61.8 Å². The molecule has 0 aromatic carbocycles. The third-order valence-corrected chi connectivity index (χ3v) is 5.35. The van der Waals surface area contributed by atoms with Crippen molar-refractivity contribution < 1.29 is 19.1 Å². The van der Waals surface area contributed by atoms with E-state index in [2.05, 4.69) is 38.3 Å². The van der Waals surface area contributed by atoms with E-state index in [0.717, 1.165) is 44.9 Å². The van der Waals surface area contributed by atoms with Gasteiger partial charge in [-0.15, -0.1) is 0 Å². The highest BCUT2D eigenvalue weighted by molar-refractivity contribution is 5.76. The van der Waals surface area contributed by atoms with Gasteiger partial charge >= 0.3 is 0 Å². The lowest BCUT2D eigenvalue weighted by Gasteiger charge is -2.37. The first kappa shape index (κ1) is 33.2. The van der Waals surface area contributed by atoms with E-state index in [1.54, 1.807) is 0 Å². The molecule has 1 aliphatic rings. The zero-order valence-corrected chi connectivity index (χ0v) is 22.7. The molecule has 0 atom stereocenters. The second kappa shape index (κ2) is 18.4. The molecule has 0 aromatic heterocycles. The van der Waals surface area contributed by atoms with Gasteiger partial charge in [-0.2, -0.15) is 0 Å². The Kier molecular flexibility index (Phi) is 19.1. The fourth-order valence-electron chi connectivity index (χ4n) is 4.34. The van der Waals surface area contributed by atoms with E-state index in [1.165, 1.54) is 6.42 Å². The molecule has 0 aliphatic heterocycles. The first-order valence-corrected chi connectivity index (χ1v) is 12.8. The van der Waals surface area contributed by atoms with Crippen LogP contribution in [0.5, 0.6) is 0 Å². The second-order valence-corrected chi connectivity index (χ2v) is 9.67. The summed E-state index contributed by atoms with van der Waals surface area (Å²) in [5.74, 6) is -0.456. The van der Waals surface area contributed by atoms with Crippen LogP contribution in [0.15, 0.2) is 0 Å². The Bertz CT molecular complexity index is 472. The Morgan fingerprint density at radius 2 is 1.44 bits per heavy atom. The van der Waals surface area contributed by atoms with Crippen molar-refractivity contribution in [2.24, 2.45) is 10.8 Å². The Labute approximate surface area is 199 Å². The monoisotopic (exact) mass is 458 g/mol. The first-order chi connectivity index (χ1) is 15.1. The van der Waals surface area contributed by atoms with Gasteiger partial charge in [0.1, 0.15) is 6.29 Å². The quantitative estimate of drug-likeness (QED) is 0.204. The zero-order valence-electron chi connectivity index (χ0n) is 22.7. The van der Waals surface area contributed by atoms with Gasteiger partial charge in [0.15, 0.2) is 5.79 Å². The molecule has 1 aliphatic carbocycles. The number of amides is 1. The summed E-state index contributed by atoms with van der Waals surface area (Å²) in [5, 5.41) is 6.07. The summed E-state index contributed by atoms with van der Waals surface area (Å²) in [4.78, 5) is 23.2. The molecule has 1 amide bonds. The van der Waals surface area contributed by atoms with Crippen molar-refractivity contribution in [2.45, 2.75) is 113 Å². The Hall–Kier alpha value is -0.980. The van der Waals surface area contributed by atoms with Crippen LogP contribution in [0, 0.1) is 10.8 Å². The van der Waals surface area contributed by atoms with Crippen LogP contribution >= 0.6 is 0 Å². The molecule has 1 fully saturated rings. The van der Waals surface area contributed by atoms with Crippen molar-refractivity contribution in [1.29, 1.82) is 0 Å². The van der Waals surface area contributed by atoms with Gasteiger partial charge in [-0.3, -0.25) is 4.79 Å². The first-order valence-electron chi connectivity index (χ1n) is 12.8. The molecule has 0 aromatic rings. The minimum absolute atomic E-state index is 0.0318. The molecule has 32 heavy (non-hydrogen) atoms. The summed E-state index contributed by atoms with van der Waals surface area (Å²) in [6.45, 7) is 18.7. The lowest BCUT2D eigenvalue weighted by molar-refractivity contribution is -0.250. The zero-order chi connectivity index (χ0) is 25.1. The van der Waals surface area contributed by atoms with E-state index in [1.807, 2.05) is 34.7 Å². The summed E-state index contributed by atoms with van der Waals surface area (Å²) in [6.07, 6.45) is 8.06. The van der Waals surface area contributed by atoms with E-state index in [9.17, 15) is 9.59 Å². The minimum atomic E-state index is -0.488.